The smallest absolute Gasteiger partial charge is 0.236 e. The van der Waals surface area contributed by atoms with Gasteiger partial charge < -0.3 is 9.80 Å². The monoisotopic (exact) mass is 308 g/mol. The van der Waals surface area contributed by atoms with Crippen LogP contribution >= 0.6 is 11.3 Å². The molecular weight excluding hydrogens is 284 g/mol. The highest BCUT2D eigenvalue weighted by Crippen LogP contribution is 2.41. The maximum atomic E-state index is 12.0. The van der Waals surface area contributed by atoms with Crippen LogP contribution in [0.5, 0.6) is 0 Å². The van der Waals surface area contributed by atoms with Crippen LogP contribution in [0.3, 0.4) is 0 Å². The van der Waals surface area contributed by atoms with E-state index in [-0.39, 0.29) is 5.91 Å². The van der Waals surface area contributed by atoms with Gasteiger partial charge >= 0.3 is 0 Å². The second-order valence-corrected chi connectivity index (χ2v) is 7.24. The Bertz CT molecular complexity index is 490. The van der Waals surface area contributed by atoms with Crippen molar-refractivity contribution >= 4 is 17.2 Å². The van der Waals surface area contributed by atoms with Crippen LogP contribution in [0.1, 0.15) is 29.5 Å². The zero-order valence-corrected chi connectivity index (χ0v) is 13.7. The summed E-state index contributed by atoms with van der Waals surface area (Å²) >= 11 is 1.81. The summed E-state index contributed by atoms with van der Waals surface area (Å²) in [4.78, 5) is 23.1. The first kappa shape index (κ1) is 14.9. The number of nitrogens with zero attached hydrogens (tertiary/aromatic N) is 4. The molecule has 1 aromatic heterocycles. The molecule has 0 N–H and O–H groups in total. The van der Waals surface area contributed by atoms with Gasteiger partial charge in [0.15, 0.2) is 0 Å². The molecule has 6 heteroatoms. The maximum Gasteiger partial charge on any atom is 0.236 e. The van der Waals surface area contributed by atoms with Crippen molar-refractivity contribution < 1.29 is 4.79 Å². The number of carbonyl (C=O) groups is 1. The Morgan fingerprint density at radius 1 is 1.33 bits per heavy atom. The van der Waals surface area contributed by atoms with Gasteiger partial charge in [0, 0.05) is 44.0 Å². The third kappa shape index (κ3) is 4.02. The van der Waals surface area contributed by atoms with Gasteiger partial charge in [0.2, 0.25) is 5.91 Å². The van der Waals surface area contributed by atoms with E-state index in [9.17, 15) is 4.79 Å². The summed E-state index contributed by atoms with van der Waals surface area (Å²) in [6.07, 6.45) is 2.64. The van der Waals surface area contributed by atoms with E-state index < -0.39 is 0 Å². The van der Waals surface area contributed by atoms with E-state index in [1.165, 1.54) is 23.5 Å². The number of rotatable bonds is 5. The lowest BCUT2D eigenvalue weighted by molar-refractivity contribution is -0.133. The summed E-state index contributed by atoms with van der Waals surface area (Å²) < 4.78 is 0. The Hall–Kier alpha value is -0.980. The fraction of sp³-hybridized carbons (Fsp3) is 0.733. The zero-order chi connectivity index (χ0) is 14.8. The first-order valence-corrected chi connectivity index (χ1v) is 8.59. The fourth-order valence-electron chi connectivity index (χ4n) is 2.67. The molecule has 1 amide bonds. The average Bonchev–Trinajstić information content (AvgIpc) is 3.20. The molecule has 5 nitrogen and oxygen atoms in total. The highest BCUT2D eigenvalue weighted by molar-refractivity contribution is 7.09. The number of likely N-dealkylation sites (N-methyl/N-ethyl adjacent to an activating group) is 1. The fourth-order valence-corrected chi connectivity index (χ4v) is 3.65. The molecule has 2 fully saturated rings. The van der Waals surface area contributed by atoms with E-state index in [1.807, 2.05) is 35.2 Å². The molecule has 0 bridgehead atoms. The van der Waals surface area contributed by atoms with Gasteiger partial charge in [-0.1, -0.05) is 0 Å². The second kappa shape index (κ2) is 6.42. The van der Waals surface area contributed by atoms with Crippen molar-refractivity contribution in [2.75, 3.05) is 46.8 Å². The third-order valence-corrected chi connectivity index (χ3v) is 5.11. The summed E-state index contributed by atoms with van der Waals surface area (Å²) in [5.74, 6) is 0.994. The van der Waals surface area contributed by atoms with E-state index in [2.05, 4.69) is 10.3 Å². The molecule has 0 radical (unpaired) electrons. The van der Waals surface area contributed by atoms with Crippen LogP contribution in [0.25, 0.3) is 0 Å². The molecule has 116 valence electrons. The number of hydrogen-bond acceptors (Lipinski definition) is 5. The van der Waals surface area contributed by atoms with Crippen LogP contribution in [0, 0.1) is 0 Å². The molecule has 1 aromatic rings. The van der Waals surface area contributed by atoms with Crippen molar-refractivity contribution in [2.24, 2.45) is 0 Å². The minimum absolute atomic E-state index is 0.240. The molecule has 0 unspecified atom stereocenters. The average molecular weight is 308 g/mol. The van der Waals surface area contributed by atoms with Crippen molar-refractivity contribution in [3.63, 3.8) is 0 Å². The predicted octanol–water partition coefficient (Wildman–Crippen LogP) is 1.23. The van der Waals surface area contributed by atoms with Crippen molar-refractivity contribution in [3.8, 4) is 0 Å². The molecule has 0 atom stereocenters. The summed E-state index contributed by atoms with van der Waals surface area (Å²) in [7, 11) is 3.88. The van der Waals surface area contributed by atoms with Gasteiger partial charge in [-0.25, -0.2) is 4.98 Å². The van der Waals surface area contributed by atoms with E-state index in [1.54, 1.807) is 0 Å². The Labute approximate surface area is 130 Å². The van der Waals surface area contributed by atoms with Crippen molar-refractivity contribution in [1.29, 1.82) is 0 Å². The Morgan fingerprint density at radius 3 is 2.67 bits per heavy atom. The minimum Gasteiger partial charge on any atom is -0.339 e. The van der Waals surface area contributed by atoms with Crippen LogP contribution in [0.2, 0.25) is 0 Å². The van der Waals surface area contributed by atoms with Crippen molar-refractivity contribution in [3.05, 3.63) is 16.1 Å². The van der Waals surface area contributed by atoms with E-state index in [0.717, 1.165) is 38.6 Å². The molecule has 0 aromatic carbocycles. The summed E-state index contributed by atoms with van der Waals surface area (Å²) in [6.45, 7) is 5.03. The van der Waals surface area contributed by atoms with E-state index in [4.69, 9.17) is 4.98 Å². The zero-order valence-electron chi connectivity index (χ0n) is 12.9. The molecule has 21 heavy (non-hydrogen) atoms. The lowest BCUT2D eigenvalue weighted by Crippen LogP contribution is -2.50. The topological polar surface area (TPSA) is 39.7 Å². The van der Waals surface area contributed by atoms with Crippen LogP contribution in [0.15, 0.2) is 5.38 Å². The summed E-state index contributed by atoms with van der Waals surface area (Å²) in [5.41, 5.74) is 1.20. The molecule has 1 saturated heterocycles. The standard InChI is InChI=1S/C15H24N4OS/c1-17(2)10-14(20)19-7-5-18(6-8-19)9-13-11-21-15(16-13)12-3-4-12/h11-12H,3-10H2,1-2H3. The Balaban J connectivity index is 1.45. The van der Waals surface area contributed by atoms with Gasteiger partial charge in [-0.05, 0) is 26.9 Å². The molecular formula is C15H24N4OS. The van der Waals surface area contributed by atoms with Crippen LogP contribution in [0.4, 0.5) is 0 Å². The molecule has 1 aliphatic heterocycles. The number of piperazine rings is 1. The Kier molecular flexibility index (Phi) is 4.57. The molecule has 3 rings (SSSR count). The highest BCUT2D eigenvalue weighted by atomic mass is 32.1. The number of aromatic nitrogens is 1. The molecule has 1 saturated carbocycles. The number of carbonyl (C=O) groups excluding carboxylic acids is 1. The first-order valence-electron chi connectivity index (χ1n) is 7.71. The van der Waals surface area contributed by atoms with Crippen molar-refractivity contribution in [1.82, 2.24) is 19.7 Å². The number of thiazole rings is 1. The normalized spacial score (nSPS) is 20.2. The van der Waals surface area contributed by atoms with E-state index in [0.29, 0.717) is 6.54 Å². The van der Waals surface area contributed by atoms with Gasteiger partial charge in [0.25, 0.3) is 0 Å². The van der Waals surface area contributed by atoms with Gasteiger partial charge in [0.05, 0.1) is 17.2 Å². The maximum absolute atomic E-state index is 12.0. The number of hydrogen-bond donors (Lipinski definition) is 0. The Morgan fingerprint density at radius 2 is 2.05 bits per heavy atom. The van der Waals surface area contributed by atoms with Crippen molar-refractivity contribution in [2.45, 2.75) is 25.3 Å². The molecule has 2 heterocycles. The van der Waals surface area contributed by atoms with Gasteiger partial charge in [-0.3, -0.25) is 9.69 Å². The largest absolute Gasteiger partial charge is 0.339 e. The van der Waals surface area contributed by atoms with Gasteiger partial charge in [-0.15, -0.1) is 11.3 Å². The van der Waals surface area contributed by atoms with Gasteiger partial charge in [-0.2, -0.15) is 0 Å². The predicted molar refractivity (Wildman–Crippen MR) is 84.5 cm³/mol. The number of amides is 1. The third-order valence-electron chi connectivity index (χ3n) is 4.06. The molecule has 0 spiro atoms. The van der Waals surface area contributed by atoms with Crippen LogP contribution in [-0.4, -0.2) is 72.4 Å². The first-order chi connectivity index (χ1) is 10.1. The van der Waals surface area contributed by atoms with Gasteiger partial charge in [0.1, 0.15) is 0 Å². The summed E-state index contributed by atoms with van der Waals surface area (Å²) in [5, 5.41) is 3.53. The SMILES string of the molecule is CN(C)CC(=O)N1CCN(Cc2csc(C3CC3)n2)CC1. The van der Waals surface area contributed by atoms with Crippen LogP contribution < -0.4 is 0 Å². The lowest BCUT2D eigenvalue weighted by atomic mass is 10.3. The second-order valence-electron chi connectivity index (χ2n) is 6.35. The lowest BCUT2D eigenvalue weighted by Gasteiger charge is -2.34. The van der Waals surface area contributed by atoms with E-state index >= 15 is 0 Å². The highest BCUT2D eigenvalue weighted by Gasteiger charge is 2.27. The quantitative estimate of drug-likeness (QED) is 0.820. The van der Waals surface area contributed by atoms with Crippen LogP contribution in [-0.2, 0) is 11.3 Å². The molecule has 1 aliphatic carbocycles. The molecule has 2 aliphatic rings. The minimum atomic E-state index is 0.240. The summed E-state index contributed by atoms with van der Waals surface area (Å²) in [6, 6.07) is 0.